The predicted molar refractivity (Wildman–Crippen MR) is 67.8 cm³/mol. The topological polar surface area (TPSA) is 61.8 Å². The number of amides is 1. The van der Waals surface area contributed by atoms with Gasteiger partial charge in [0.2, 0.25) is 5.91 Å². The molecule has 0 aromatic carbocycles. The maximum Gasteiger partial charge on any atom is 0.246 e. The van der Waals surface area contributed by atoms with E-state index in [1.165, 1.54) is 7.11 Å². The van der Waals surface area contributed by atoms with Gasteiger partial charge in [0, 0.05) is 26.7 Å². The number of rotatable bonds is 9. The lowest BCUT2D eigenvalue weighted by Crippen LogP contribution is -2.40. The van der Waals surface area contributed by atoms with Crippen LogP contribution in [0.3, 0.4) is 0 Å². The molecule has 0 aliphatic rings. The summed E-state index contributed by atoms with van der Waals surface area (Å²) >= 11 is 0. The number of hydrogen-bond donors (Lipinski definition) is 2. The van der Waals surface area contributed by atoms with Gasteiger partial charge in [-0.25, -0.2) is 0 Å². The van der Waals surface area contributed by atoms with E-state index in [0.29, 0.717) is 6.54 Å². The lowest BCUT2D eigenvalue weighted by molar-refractivity contribution is -0.125. The zero-order valence-corrected chi connectivity index (χ0v) is 11.0. The molecular formula is C12H24N2O3. The lowest BCUT2D eigenvalue weighted by atomic mass is 10.3. The summed E-state index contributed by atoms with van der Waals surface area (Å²) in [6.07, 6.45) is 4.51. The first-order valence-corrected chi connectivity index (χ1v) is 5.83. The maximum atomic E-state index is 11.1. The fraction of sp³-hybridized carbons (Fsp3) is 0.750. The van der Waals surface area contributed by atoms with Gasteiger partial charge in [0.15, 0.2) is 0 Å². The molecule has 0 heterocycles. The third-order valence-corrected chi connectivity index (χ3v) is 2.25. The normalized spacial score (nSPS) is 13.2. The number of carbonyl (C=O) groups excluding carboxylic acids is 1. The van der Waals surface area contributed by atoms with Crippen molar-refractivity contribution in [1.29, 1.82) is 0 Å². The van der Waals surface area contributed by atoms with Crippen molar-refractivity contribution in [2.75, 3.05) is 40.4 Å². The lowest BCUT2D eigenvalue weighted by Gasteiger charge is -2.20. The highest BCUT2D eigenvalue weighted by Crippen LogP contribution is 1.92. The summed E-state index contributed by atoms with van der Waals surface area (Å²) in [5.41, 5.74) is 0. The molecule has 0 fully saturated rings. The van der Waals surface area contributed by atoms with Crippen LogP contribution in [-0.2, 0) is 9.53 Å². The van der Waals surface area contributed by atoms with E-state index < -0.39 is 6.10 Å². The molecule has 0 aromatic rings. The van der Waals surface area contributed by atoms with Gasteiger partial charge in [-0.2, -0.15) is 0 Å². The Morgan fingerprint density at radius 2 is 2.29 bits per heavy atom. The Kier molecular flexibility index (Phi) is 9.71. The minimum absolute atomic E-state index is 0.0316. The Labute approximate surface area is 103 Å². The molecule has 0 aromatic heterocycles. The van der Waals surface area contributed by atoms with Crippen LogP contribution in [0.4, 0.5) is 0 Å². The smallest absolute Gasteiger partial charge is 0.246 e. The van der Waals surface area contributed by atoms with Crippen molar-refractivity contribution < 1.29 is 14.6 Å². The minimum Gasteiger partial charge on any atom is -0.390 e. The van der Waals surface area contributed by atoms with Gasteiger partial charge in [0.1, 0.15) is 6.61 Å². The number of nitrogens with zero attached hydrogens (tertiary/aromatic N) is 1. The molecule has 0 aliphatic heterocycles. The summed E-state index contributed by atoms with van der Waals surface area (Å²) in [4.78, 5) is 13.1. The van der Waals surface area contributed by atoms with Crippen LogP contribution >= 0.6 is 0 Å². The molecule has 5 heteroatoms. The van der Waals surface area contributed by atoms with Crippen LogP contribution in [0.25, 0.3) is 0 Å². The highest BCUT2D eigenvalue weighted by molar-refractivity contribution is 5.77. The molecule has 1 amide bonds. The van der Waals surface area contributed by atoms with E-state index in [-0.39, 0.29) is 19.1 Å². The van der Waals surface area contributed by atoms with E-state index >= 15 is 0 Å². The quantitative estimate of drug-likeness (QED) is 0.561. The number of methoxy groups -OCH3 is 1. The van der Waals surface area contributed by atoms with Crippen molar-refractivity contribution in [3.8, 4) is 0 Å². The highest BCUT2D eigenvalue weighted by Gasteiger charge is 2.09. The van der Waals surface area contributed by atoms with Crippen LogP contribution in [0.5, 0.6) is 0 Å². The largest absolute Gasteiger partial charge is 0.390 e. The third kappa shape index (κ3) is 9.99. The Balaban J connectivity index is 3.62. The van der Waals surface area contributed by atoms with Crippen LogP contribution in [0.2, 0.25) is 0 Å². The second-order valence-corrected chi connectivity index (χ2v) is 4.01. The molecule has 0 bridgehead atoms. The molecule has 0 rings (SSSR count). The number of likely N-dealkylation sites (N-methyl/N-ethyl adjacent to an activating group) is 1. The second kappa shape index (κ2) is 10.3. The average Bonchev–Trinajstić information content (AvgIpc) is 2.27. The summed E-state index contributed by atoms with van der Waals surface area (Å²) in [6, 6.07) is 0. The molecule has 0 aliphatic carbocycles. The van der Waals surface area contributed by atoms with Crippen molar-refractivity contribution in [2.45, 2.75) is 19.4 Å². The van der Waals surface area contributed by atoms with Crippen LogP contribution in [0, 0.1) is 0 Å². The van der Waals surface area contributed by atoms with E-state index in [0.717, 1.165) is 13.0 Å². The summed E-state index contributed by atoms with van der Waals surface area (Å²) in [5.74, 6) is -0.205. The number of ether oxygens (including phenoxy) is 1. The van der Waals surface area contributed by atoms with Crippen molar-refractivity contribution in [2.24, 2.45) is 0 Å². The van der Waals surface area contributed by atoms with Crippen molar-refractivity contribution in [3.63, 3.8) is 0 Å². The molecule has 0 saturated carbocycles. The molecule has 1 atom stereocenters. The number of aliphatic hydroxyl groups is 1. The van der Waals surface area contributed by atoms with Crippen LogP contribution in [0.15, 0.2) is 12.2 Å². The van der Waals surface area contributed by atoms with Crippen molar-refractivity contribution in [1.82, 2.24) is 10.2 Å². The molecule has 17 heavy (non-hydrogen) atoms. The summed E-state index contributed by atoms with van der Waals surface area (Å²) in [5, 5.41) is 12.3. The zero-order chi connectivity index (χ0) is 13.1. The predicted octanol–water partition coefficient (Wildman–Crippen LogP) is 0.00790. The average molecular weight is 244 g/mol. The van der Waals surface area contributed by atoms with E-state index in [1.807, 2.05) is 24.9 Å². The summed E-state index contributed by atoms with van der Waals surface area (Å²) in [6.45, 7) is 3.72. The third-order valence-electron chi connectivity index (χ3n) is 2.25. The van der Waals surface area contributed by atoms with Gasteiger partial charge >= 0.3 is 0 Å². The highest BCUT2D eigenvalue weighted by atomic mass is 16.5. The fourth-order valence-electron chi connectivity index (χ4n) is 1.39. The standard InChI is InChI=1S/C12H24N2O3/c1-4-5-6-7-14(2)9-11(15)8-13-12(16)10-17-3/h4-5,11,15H,6-10H2,1-3H3,(H,13,16)/b5-4-. The summed E-state index contributed by atoms with van der Waals surface area (Å²) < 4.78 is 4.67. The van der Waals surface area contributed by atoms with Crippen LogP contribution in [-0.4, -0.2) is 62.4 Å². The molecule has 5 nitrogen and oxygen atoms in total. The number of carbonyl (C=O) groups is 1. The molecule has 1 unspecified atom stereocenters. The van der Waals surface area contributed by atoms with Gasteiger partial charge in [0.05, 0.1) is 6.10 Å². The number of allylic oxidation sites excluding steroid dienone is 1. The Bertz CT molecular complexity index is 232. The SMILES string of the molecule is C/C=C\CCN(C)CC(O)CNC(=O)COC. The van der Waals surface area contributed by atoms with Crippen LogP contribution < -0.4 is 5.32 Å². The van der Waals surface area contributed by atoms with Gasteiger partial charge < -0.3 is 20.1 Å². The first-order chi connectivity index (χ1) is 8.10. The number of hydrogen-bond acceptors (Lipinski definition) is 4. The Morgan fingerprint density at radius 1 is 1.59 bits per heavy atom. The Morgan fingerprint density at radius 3 is 2.88 bits per heavy atom. The molecule has 2 N–H and O–H groups in total. The van der Waals surface area contributed by atoms with E-state index in [2.05, 4.69) is 16.1 Å². The second-order valence-electron chi connectivity index (χ2n) is 4.01. The zero-order valence-electron chi connectivity index (χ0n) is 11.0. The number of aliphatic hydroxyl groups excluding tert-OH is 1. The van der Waals surface area contributed by atoms with Gasteiger partial charge in [-0.1, -0.05) is 12.2 Å². The van der Waals surface area contributed by atoms with Crippen LogP contribution in [0.1, 0.15) is 13.3 Å². The van der Waals surface area contributed by atoms with Gasteiger partial charge in [-0.05, 0) is 20.4 Å². The van der Waals surface area contributed by atoms with Gasteiger partial charge in [-0.15, -0.1) is 0 Å². The minimum atomic E-state index is -0.550. The van der Waals surface area contributed by atoms with Gasteiger partial charge in [0.25, 0.3) is 0 Å². The first kappa shape index (κ1) is 16.1. The molecule has 100 valence electrons. The summed E-state index contributed by atoms with van der Waals surface area (Å²) in [7, 11) is 3.41. The molecule has 0 radical (unpaired) electrons. The fourth-order valence-corrected chi connectivity index (χ4v) is 1.39. The molecule has 0 spiro atoms. The monoisotopic (exact) mass is 244 g/mol. The van der Waals surface area contributed by atoms with E-state index in [9.17, 15) is 9.90 Å². The molecule has 0 saturated heterocycles. The van der Waals surface area contributed by atoms with E-state index in [1.54, 1.807) is 0 Å². The maximum absolute atomic E-state index is 11.1. The van der Waals surface area contributed by atoms with Crippen molar-refractivity contribution in [3.05, 3.63) is 12.2 Å². The van der Waals surface area contributed by atoms with Crippen molar-refractivity contribution >= 4 is 5.91 Å². The number of nitrogens with one attached hydrogen (secondary N) is 1. The van der Waals surface area contributed by atoms with Gasteiger partial charge in [-0.3, -0.25) is 4.79 Å². The Hall–Kier alpha value is -0.910. The molecular weight excluding hydrogens is 220 g/mol. The first-order valence-electron chi connectivity index (χ1n) is 5.83. The van der Waals surface area contributed by atoms with E-state index in [4.69, 9.17) is 0 Å².